The van der Waals surface area contributed by atoms with E-state index < -0.39 is 12.1 Å². The third-order valence-electron chi connectivity index (χ3n) is 7.78. The van der Waals surface area contributed by atoms with Crippen molar-refractivity contribution in [2.24, 2.45) is 0 Å². The molecule has 0 bridgehead atoms. The van der Waals surface area contributed by atoms with Crippen LogP contribution in [-0.4, -0.2) is 81.3 Å². The van der Waals surface area contributed by atoms with Gasteiger partial charge in [0.15, 0.2) is 5.65 Å². The smallest absolute Gasteiger partial charge is 0.159 e. The van der Waals surface area contributed by atoms with Gasteiger partial charge in [-0.15, -0.1) is 0 Å². The molecule has 2 aliphatic rings. The van der Waals surface area contributed by atoms with E-state index in [0.717, 1.165) is 67.9 Å². The Morgan fingerprint density at radius 2 is 2.00 bits per heavy atom. The first kappa shape index (κ1) is 25.7. The number of aliphatic hydroxyl groups excluding tert-OH is 1. The minimum atomic E-state index is -0.654. The topological polar surface area (TPSA) is 94.8 Å². The second kappa shape index (κ2) is 11.2. The molecule has 5 rings (SSSR count). The molecule has 4 atom stereocenters. The molecule has 0 aliphatic carbocycles. The zero-order valence-electron chi connectivity index (χ0n) is 22.0. The fourth-order valence-electron chi connectivity index (χ4n) is 5.80. The van der Waals surface area contributed by atoms with Gasteiger partial charge >= 0.3 is 0 Å². The fraction of sp³-hybridized carbons (Fsp3) is 0.483. The second-order valence-corrected chi connectivity index (χ2v) is 10.3. The first-order valence-corrected chi connectivity index (χ1v) is 13.4. The monoisotopic (exact) mass is 502 g/mol. The minimum absolute atomic E-state index is 0.0232. The average Bonchev–Trinajstić information content (AvgIpc) is 3.45. The third-order valence-corrected chi connectivity index (χ3v) is 7.78. The van der Waals surface area contributed by atoms with E-state index in [0.29, 0.717) is 12.6 Å². The number of aryl methyl sites for hydroxylation is 3. The summed E-state index contributed by atoms with van der Waals surface area (Å²) in [7, 11) is 0. The van der Waals surface area contributed by atoms with Gasteiger partial charge in [-0.2, -0.15) is 5.10 Å². The van der Waals surface area contributed by atoms with E-state index in [2.05, 4.69) is 71.9 Å². The number of fused-ring (bicyclic) bond motifs is 1. The summed E-state index contributed by atoms with van der Waals surface area (Å²) in [6.45, 7) is 9.56. The number of piperazine rings is 1. The van der Waals surface area contributed by atoms with Gasteiger partial charge < -0.3 is 20.5 Å². The molecule has 8 heteroatoms. The molecule has 37 heavy (non-hydrogen) atoms. The summed E-state index contributed by atoms with van der Waals surface area (Å²) >= 11 is 0. The molecule has 2 saturated heterocycles. The lowest BCUT2D eigenvalue weighted by atomic mass is 10.0. The molecular formula is C29H38N6O2. The normalized spacial score (nSPS) is 24.9. The van der Waals surface area contributed by atoms with Crippen molar-refractivity contribution in [3.63, 3.8) is 0 Å². The molecule has 0 saturated carbocycles. The van der Waals surface area contributed by atoms with Crippen LogP contribution < -0.4 is 10.6 Å². The van der Waals surface area contributed by atoms with Crippen LogP contribution in [0, 0.1) is 13.8 Å². The Morgan fingerprint density at radius 3 is 2.73 bits per heavy atom. The SMILES string of the molecule is CCc1nn2c(C)cc(C)nc2c1Cc1ccc(/C=C/CC2CNCCN2C2CNC(C=O)C2O)cc1. The molecular weight excluding hydrogens is 464 g/mol. The standard InChI is InChI=1S/C29H38N6O2/c1-4-25-24(29-32-19(2)14-20(3)35(29)33-25)15-22-10-8-21(9-11-22)6-5-7-23-16-30-12-13-34(23)27-17-31-26(18-36)28(27)37/h5-6,8-11,14,18,23,26-28,30-31,37H,4,7,12-13,15-17H2,1-3H3/b6-5+. The number of rotatable bonds is 8. The highest BCUT2D eigenvalue weighted by Crippen LogP contribution is 2.23. The highest BCUT2D eigenvalue weighted by atomic mass is 16.3. The van der Waals surface area contributed by atoms with Crippen LogP contribution >= 0.6 is 0 Å². The van der Waals surface area contributed by atoms with Gasteiger partial charge in [-0.05, 0) is 43.9 Å². The molecule has 4 unspecified atom stereocenters. The van der Waals surface area contributed by atoms with Crippen molar-refractivity contribution >= 4 is 18.0 Å². The van der Waals surface area contributed by atoms with Crippen molar-refractivity contribution in [2.45, 2.75) is 64.3 Å². The Bertz CT molecular complexity index is 1270. The Kier molecular flexibility index (Phi) is 7.81. The van der Waals surface area contributed by atoms with Crippen LogP contribution in [0.15, 0.2) is 36.4 Å². The molecule has 196 valence electrons. The van der Waals surface area contributed by atoms with E-state index in [4.69, 9.17) is 10.1 Å². The van der Waals surface area contributed by atoms with E-state index >= 15 is 0 Å². The van der Waals surface area contributed by atoms with E-state index in [1.54, 1.807) is 0 Å². The van der Waals surface area contributed by atoms with Gasteiger partial charge in [0.05, 0.1) is 23.9 Å². The largest absolute Gasteiger partial charge is 0.389 e. The van der Waals surface area contributed by atoms with Gasteiger partial charge in [0.25, 0.3) is 0 Å². The summed E-state index contributed by atoms with van der Waals surface area (Å²) in [4.78, 5) is 18.4. The lowest BCUT2D eigenvalue weighted by molar-refractivity contribution is -0.111. The summed E-state index contributed by atoms with van der Waals surface area (Å²) in [5.74, 6) is 0. The first-order chi connectivity index (χ1) is 18.0. The van der Waals surface area contributed by atoms with Crippen LogP contribution in [0.5, 0.6) is 0 Å². The highest BCUT2D eigenvalue weighted by molar-refractivity contribution is 5.60. The Balaban J connectivity index is 1.25. The predicted molar refractivity (Wildman–Crippen MR) is 146 cm³/mol. The fourth-order valence-corrected chi connectivity index (χ4v) is 5.80. The summed E-state index contributed by atoms with van der Waals surface area (Å²) in [6, 6.07) is 10.6. The quantitative estimate of drug-likeness (QED) is 0.406. The van der Waals surface area contributed by atoms with Gasteiger partial charge in [0.2, 0.25) is 0 Å². The van der Waals surface area contributed by atoms with Crippen molar-refractivity contribution in [1.82, 2.24) is 30.1 Å². The highest BCUT2D eigenvalue weighted by Gasteiger charge is 2.40. The number of aromatic nitrogens is 3. The third kappa shape index (κ3) is 5.38. The molecule has 0 amide bonds. The van der Waals surface area contributed by atoms with Crippen LogP contribution in [0.25, 0.3) is 11.7 Å². The summed E-state index contributed by atoms with van der Waals surface area (Å²) in [5.41, 5.74) is 7.83. The van der Waals surface area contributed by atoms with E-state index in [1.165, 1.54) is 16.7 Å². The number of nitrogens with one attached hydrogen (secondary N) is 2. The number of carbonyl (C=O) groups excluding carboxylic acids is 1. The summed E-state index contributed by atoms with van der Waals surface area (Å²) in [6.07, 6.45) is 7.15. The van der Waals surface area contributed by atoms with Crippen LogP contribution in [0.1, 0.15) is 47.1 Å². The Morgan fingerprint density at radius 1 is 1.19 bits per heavy atom. The van der Waals surface area contributed by atoms with E-state index in [1.807, 2.05) is 11.4 Å². The zero-order valence-corrected chi connectivity index (χ0v) is 22.0. The lowest BCUT2D eigenvalue weighted by Gasteiger charge is -2.41. The van der Waals surface area contributed by atoms with Crippen molar-refractivity contribution in [3.05, 3.63) is 70.2 Å². The van der Waals surface area contributed by atoms with Gasteiger partial charge in [0, 0.05) is 55.6 Å². The number of aliphatic hydroxyl groups is 1. The van der Waals surface area contributed by atoms with Gasteiger partial charge in [-0.3, -0.25) is 4.90 Å². The second-order valence-electron chi connectivity index (χ2n) is 10.3. The van der Waals surface area contributed by atoms with Gasteiger partial charge in [-0.25, -0.2) is 9.50 Å². The van der Waals surface area contributed by atoms with Gasteiger partial charge in [-0.1, -0.05) is 43.3 Å². The molecule has 0 radical (unpaired) electrons. The van der Waals surface area contributed by atoms with E-state index in [9.17, 15) is 9.90 Å². The summed E-state index contributed by atoms with van der Waals surface area (Å²) in [5, 5.41) is 22.0. The van der Waals surface area contributed by atoms with Crippen LogP contribution in [0.2, 0.25) is 0 Å². The lowest BCUT2D eigenvalue weighted by Crippen LogP contribution is -2.58. The number of carbonyl (C=O) groups is 1. The number of aldehydes is 1. The maximum atomic E-state index is 11.2. The average molecular weight is 503 g/mol. The molecule has 1 aromatic carbocycles. The number of hydrogen-bond acceptors (Lipinski definition) is 7. The van der Waals surface area contributed by atoms with Crippen molar-refractivity contribution in [1.29, 1.82) is 0 Å². The van der Waals surface area contributed by atoms with Crippen molar-refractivity contribution < 1.29 is 9.90 Å². The maximum absolute atomic E-state index is 11.2. The molecule has 2 fully saturated rings. The molecule has 3 N–H and O–H groups in total. The van der Waals surface area contributed by atoms with Crippen LogP contribution in [-0.2, 0) is 17.6 Å². The predicted octanol–water partition coefficient (Wildman–Crippen LogP) is 2.08. The number of hydrogen-bond donors (Lipinski definition) is 3. The maximum Gasteiger partial charge on any atom is 0.159 e. The molecule has 4 heterocycles. The minimum Gasteiger partial charge on any atom is -0.389 e. The van der Waals surface area contributed by atoms with Crippen LogP contribution in [0.3, 0.4) is 0 Å². The van der Waals surface area contributed by atoms with Crippen molar-refractivity contribution in [2.75, 3.05) is 26.2 Å². The van der Waals surface area contributed by atoms with Gasteiger partial charge in [0.1, 0.15) is 6.29 Å². The Hall–Kier alpha value is -2.91. The number of nitrogens with zero attached hydrogens (tertiary/aromatic N) is 4. The molecule has 8 nitrogen and oxygen atoms in total. The molecule has 2 aromatic heterocycles. The summed E-state index contributed by atoms with van der Waals surface area (Å²) < 4.78 is 1.97. The zero-order chi connectivity index (χ0) is 25.9. The molecule has 0 spiro atoms. The number of benzene rings is 1. The molecule has 3 aromatic rings. The van der Waals surface area contributed by atoms with Crippen LogP contribution in [0.4, 0.5) is 0 Å². The Labute approximate surface area is 218 Å². The van der Waals surface area contributed by atoms with E-state index in [-0.39, 0.29) is 6.04 Å². The van der Waals surface area contributed by atoms with Crippen molar-refractivity contribution in [3.8, 4) is 0 Å². The first-order valence-electron chi connectivity index (χ1n) is 13.4. The molecule has 2 aliphatic heterocycles.